The quantitative estimate of drug-likeness (QED) is 0.641. The van der Waals surface area contributed by atoms with E-state index in [9.17, 15) is 8.42 Å². The standard InChI is InChI=1S/C7H8O3S.C4H8O/c1-6-2-4-7(5-3-6)11(8,9)10;1-4(2)5-3/h2-5H,1H3,(H,8,9,10);1H2,2-3H3. The van der Waals surface area contributed by atoms with Crippen molar-refractivity contribution >= 4 is 10.1 Å². The highest BCUT2D eigenvalue weighted by Crippen LogP contribution is 2.08. The molecule has 0 radical (unpaired) electrons. The Morgan fingerprint density at radius 3 is 1.94 bits per heavy atom. The average molecular weight is 244 g/mol. The molecule has 0 aromatic heterocycles. The van der Waals surface area contributed by atoms with Crippen LogP contribution in [-0.2, 0) is 14.9 Å². The average Bonchev–Trinajstić information content (AvgIpc) is 2.18. The SMILES string of the molecule is C=C(C)OC.Cc1ccc(S(=O)(=O)O)cc1. The van der Waals surface area contributed by atoms with Gasteiger partial charge in [0.15, 0.2) is 0 Å². The van der Waals surface area contributed by atoms with Crippen molar-refractivity contribution in [1.82, 2.24) is 0 Å². The highest BCUT2D eigenvalue weighted by molar-refractivity contribution is 7.85. The van der Waals surface area contributed by atoms with E-state index in [4.69, 9.17) is 4.55 Å². The molecule has 4 nitrogen and oxygen atoms in total. The fourth-order valence-electron chi connectivity index (χ4n) is 0.710. The summed E-state index contributed by atoms with van der Waals surface area (Å²) in [4.78, 5) is -0.0666. The highest BCUT2D eigenvalue weighted by atomic mass is 32.2. The molecule has 0 aliphatic rings. The first-order chi connectivity index (χ1) is 7.27. The van der Waals surface area contributed by atoms with Gasteiger partial charge in [-0.3, -0.25) is 4.55 Å². The molecule has 5 heteroatoms. The molecular weight excluding hydrogens is 228 g/mol. The molecule has 0 spiro atoms. The highest BCUT2D eigenvalue weighted by Gasteiger charge is 2.06. The fourth-order valence-corrected chi connectivity index (χ4v) is 1.19. The zero-order valence-electron chi connectivity index (χ0n) is 9.60. The summed E-state index contributed by atoms with van der Waals surface area (Å²) in [6.07, 6.45) is 0. The van der Waals surface area contributed by atoms with Gasteiger partial charge in [-0.05, 0) is 26.0 Å². The van der Waals surface area contributed by atoms with E-state index in [0.717, 1.165) is 11.3 Å². The zero-order chi connectivity index (χ0) is 12.8. The van der Waals surface area contributed by atoms with Gasteiger partial charge in [0.2, 0.25) is 0 Å². The van der Waals surface area contributed by atoms with Gasteiger partial charge < -0.3 is 4.74 Å². The predicted octanol–water partition coefficient (Wildman–Crippen LogP) is 2.41. The number of benzene rings is 1. The molecule has 0 heterocycles. The van der Waals surface area contributed by atoms with E-state index in [1.807, 2.05) is 6.92 Å². The second kappa shape index (κ2) is 6.30. The zero-order valence-corrected chi connectivity index (χ0v) is 10.4. The van der Waals surface area contributed by atoms with Crippen LogP contribution in [0.25, 0.3) is 0 Å². The normalized spacial score (nSPS) is 10.0. The van der Waals surface area contributed by atoms with Crippen LogP contribution in [0.3, 0.4) is 0 Å². The maximum Gasteiger partial charge on any atom is 0.294 e. The molecule has 0 atom stereocenters. The number of hydrogen-bond acceptors (Lipinski definition) is 3. The van der Waals surface area contributed by atoms with Crippen LogP contribution in [0.15, 0.2) is 41.5 Å². The Kier molecular flexibility index (Phi) is 5.77. The number of aryl methyl sites for hydroxylation is 1. The Bertz CT molecular complexity index is 432. The molecule has 1 aromatic carbocycles. The summed E-state index contributed by atoms with van der Waals surface area (Å²) in [5.41, 5.74) is 0.956. The van der Waals surface area contributed by atoms with Crippen molar-refractivity contribution < 1.29 is 17.7 Å². The number of rotatable bonds is 2. The van der Waals surface area contributed by atoms with Gasteiger partial charge in [-0.2, -0.15) is 8.42 Å². The van der Waals surface area contributed by atoms with Crippen LogP contribution in [0.5, 0.6) is 0 Å². The van der Waals surface area contributed by atoms with E-state index in [1.165, 1.54) is 12.1 Å². The smallest absolute Gasteiger partial charge is 0.294 e. The summed E-state index contributed by atoms with van der Waals surface area (Å²) in [5, 5.41) is 0. The monoisotopic (exact) mass is 244 g/mol. The number of hydrogen-bond donors (Lipinski definition) is 1. The first-order valence-corrected chi connectivity index (χ1v) is 5.95. The lowest BCUT2D eigenvalue weighted by Gasteiger charge is -1.95. The summed E-state index contributed by atoms with van der Waals surface area (Å²) >= 11 is 0. The van der Waals surface area contributed by atoms with E-state index in [1.54, 1.807) is 26.2 Å². The molecule has 1 rings (SSSR count). The molecule has 0 fully saturated rings. The van der Waals surface area contributed by atoms with Gasteiger partial charge in [0.25, 0.3) is 10.1 Å². The number of allylic oxidation sites excluding steroid dienone is 1. The van der Waals surface area contributed by atoms with Crippen molar-refractivity contribution in [3.05, 3.63) is 42.2 Å². The lowest BCUT2D eigenvalue weighted by atomic mass is 10.2. The summed E-state index contributed by atoms with van der Waals surface area (Å²) in [5.74, 6) is 0.755. The third-order valence-electron chi connectivity index (χ3n) is 1.67. The van der Waals surface area contributed by atoms with E-state index in [-0.39, 0.29) is 4.90 Å². The molecule has 0 saturated heterocycles. The van der Waals surface area contributed by atoms with Gasteiger partial charge in [-0.1, -0.05) is 24.3 Å². The molecule has 0 saturated carbocycles. The summed E-state index contributed by atoms with van der Waals surface area (Å²) in [6.45, 7) is 7.10. The lowest BCUT2D eigenvalue weighted by molar-refractivity contribution is 0.295. The Labute approximate surface area is 96.3 Å². The van der Waals surface area contributed by atoms with Gasteiger partial charge in [0.1, 0.15) is 0 Å². The molecule has 90 valence electrons. The van der Waals surface area contributed by atoms with E-state index in [0.29, 0.717) is 0 Å². The first-order valence-electron chi connectivity index (χ1n) is 4.51. The third kappa shape index (κ3) is 6.21. The Balaban J connectivity index is 0.000000385. The van der Waals surface area contributed by atoms with Crippen molar-refractivity contribution in [2.75, 3.05) is 7.11 Å². The third-order valence-corrected chi connectivity index (χ3v) is 2.54. The van der Waals surface area contributed by atoms with Crippen molar-refractivity contribution in [3.63, 3.8) is 0 Å². The minimum Gasteiger partial charge on any atom is -0.502 e. The molecule has 16 heavy (non-hydrogen) atoms. The van der Waals surface area contributed by atoms with E-state index in [2.05, 4.69) is 11.3 Å². The minimum absolute atomic E-state index is 0.0666. The summed E-state index contributed by atoms with van der Waals surface area (Å²) < 4.78 is 34.1. The maximum absolute atomic E-state index is 10.5. The molecule has 1 aromatic rings. The molecule has 0 unspecified atom stereocenters. The Morgan fingerprint density at radius 2 is 1.69 bits per heavy atom. The van der Waals surface area contributed by atoms with Crippen LogP contribution in [0.4, 0.5) is 0 Å². The van der Waals surface area contributed by atoms with Crippen LogP contribution in [-0.4, -0.2) is 20.1 Å². The topological polar surface area (TPSA) is 63.6 Å². The van der Waals surface area contributed by atoms with Crippen molar-refractivity contribution in [2.24, 2.45) is 0 Å². The van der Waals surface area contributed by atoms with Crippen molar-refractivity contribution in [3.8, 4) is 0 Å². The summed E-state index contributed by atoms with van der Waals surface area (Å²) in [6, 6.07) is 5.99. The van der Waals surface area contributed by atoms with Crippen molar-refractivity contribution in [1.29, 1.82) is 0 Å². The molecule has 0 aliphatic carbocycles. The maximum atomic E-state index is 10.5. The van der Waals surface area contributed by atoms with Gasteiger partial charge in [0, 0.05) is 0 Å². The van der Waals surface area contributed by atoms with Gasteiger partial charge >= 0.3 is 0 Å². The Morgan fingerprint density at radius 1 is 1.31 bits per heavy atom. The first kappa shape index (κ1) is 14.7. The van der Waals surface area contributed by atoms with Crippen LogP contribution < -0.4 is 0 Å². The lowest BCUT2D eigenvalue weighted by Crippen LogP contribution is -1.96. The second-order valence-corrected chi connectivity index (χ2v) is 4.62. The Hall–Kier alpha value is -1.33. The molecule has 1 N–H and O–H groups in total. The predicted molar refractivity (Wildman–Crippen MR) is 62.8 cm³/mol. The van der Waals surface area contributed by atoms with Gasteiger partial charge in [-0.25, -0.2) is 0 Å². The molecule has 0 aliphatic heterocycles. The molecule has 0 amide bonds. The van der Waals surface area contributed by atoms with E-state index >= 15 is 0 Å². The van der Waals surface area contributed by atoms with Crippen LogP contribution >= 0.6 is 0 Å². The van der Waals surface area contributed by atoms with Crippen LogP contribution in [0.2, 0.25) is 0 Å². The molecule has 0 bridgehead atoms. The minimum atomic E-state index is -4.02. The van der Waals surface area contributed by atoms with Crippen LogP contribution in [0.1, 0.15) is 12.5 Å². The summed E-state index contributed by atoms with van der Waals surface area (Å²) in [7, 11) is -2.42. The van der Waals surface area contributed by atoms with Gasteiger partial charge in [0.05, 0.1) is 17.8 Å². The van der Waals surface area contributed by atoms with Gasteiger partial charge in [-0.15, -0.1) is 0 Å². The van der Waals surface area contributed by atoms with Crippen molar-refractivity contribution in [2.45, 2.75) is 18.7 Å². The largest absolute Gasteiger partial charge is 0.502 e. The fraction of sp³-hybridized carbons (Fsp3) is 0.273. The second-order valence-electron chi connectivity index (χ2n) is 3.19. The number of ether oxygens (including phenoxy) is 1. The number of methoxy groups -OCH3 is 1. The van der Waals surface area contributed by atoms with Crippen LogP contribution in [0, 0.1) is 6.92 Å². The molecular formula is C11H16O4S. The van der Waals surface area contributed by atoms with E-state index < -0.39 is 10.1 Å².